The first kappa shape index (κ1) is 31.4. The van der Waals surface area contributed by atoms with Gasteiger partial charge in [-0.15, -0.1) is 0 Å². The van der Waals surface area contributed by atoms with Crippen LogP contribution in [0.25, 0.3) is 10.4 Å². The Morgan fingerprint density at radius 1 is 1.10 bits per heavy atom. The van der Waals surface area contributed by atoms with Gasteiger partial charge in [0.25, 0.3) is 5.69 Å². The molecule has 3 aromatic carbocycles. The summed E-state index contributed by atoms with van der Waals surface area (Å²) in [5.41, 5.74) is 8.96. The molecule has 0 aliphatic rings. The quantitative estimate of drug-likeness (QED) is 0.0886. The Labute approximate surface area is 234 Å². The summed E-state index contributed by atoms with van der Waals surface area (Å²) in [6.07, 6.45) is -2.66. The van der Waals surface area contributed by atoms with Crippen molar-refractivity contribution in [3.63, 3.8) is 0 Å². The average molecular weight is 592 g/mol. The Morgan fingerprint density at radius 3 is 2.34 bits per heavy atom. The molecule has 0 amide bonds. The molecule has 0 heterocycles. The number of aliphatic hydroxyl groups excluding tert-OH is 1. The molecule has 0 aliphatic heterocycles. The molecule has 0 aliphatic carbocycles. The molecule has 0 fully saturated rings. The molecule has 3 atom stereocenters. The Balaban J connectivity index is 1.84. The predicted octanol–water partition coefficient (Wildman–Crippen LogP) is 4.59. The number of sulfonamides is 1. The number of ether oxygens (including phenoxy) is 2. The van der Waals surface area contributed by atoms with Crippen LogP contribution in [0.4, 0.5) is 14.5 Å². The highest BCUT2D eigenvalue weighted by Gasteiger charge is 2.34. The topological polar surface area (TPSA) is 168 Å². The lowest BCUT2D eigenvalue weighted by molar-refractivity contribution is -0.387. The second-order valence-electron chi connectivity index (χ2n) is 8.86. The lowest BCUT2D eigenvalue weighted by atomic mass is 10.1. The molecule has 0 radical (unpaired) electrons. The van der Waals surface area contributed by atoms with E-state index < -0.39 is 62.0 Å². The number of azide groups is 1. The van der Waals surface area contributed by atoms with Crippen molar-refractivity contribution in [2.24, 2.45) is 5.11 Å². The van der Waals surface area contributed by atoms with Crippen LogP contribution in [0.5, 0.6) is 5.75 Å². The highest BCUT2D eigenvalue weighted by Crippen LogP contribution is 2.28. The van der Waals surface area contributed by atoms with Crippen molar-refractivity contribution in [3.05, 3.63) is 111 Å². The van der Waals surface area contributed by atoms with E-state index in [1.54, 1.807) is 30.3 Å². The number of para-hydroxylation sites is 1. The monoisotopic (exact) mass is 591 g/mol. The SMILES string of the molecule is CO[C@H](C[C@@H](O)[C@H](COc1cc(F)cc(F)c1)N=[N+]=[N-])CN(Cc1ccccc1)S(=O)(=O)c1ccccc1[N+](=O)[O-]. The zero-order valence-electron chi connectivity index (χ0n) is 21.8. The maximum absolute atomic E-state index is 13.7. The summed E-state index contributed by atoms with van der Waals surface area (Å²) in [5, 5.41) is 25.9. The second-order valence-corrected chi connectivity index (χ2v) is 10.8. The van der Waals surface area contributed by atoms with Gasteiger partial charge in [0.1, 0.15) is 17.4 Å². The smallest absolute Gasteiger partial charge is 0.289 e. The fourth-order valence-corrected chi connectivity index (χ4v) is 5.60. The molecule has 41 heavy (non-hydrogen) atoms. The van der Waals surface area contributed by atoms with Gasteiger partial charge in [-0.05, 0) is 17.2 Å². The first-order chi connectivity index (χ1) is 19.5. The summed E-state index contributed by atoms with van der Waals surface area (Å²) in [5.74, 6) is -1.97. The Bertz CT molecular complexity index is 1470. The Kier molecular flexibility index (Phi) is 11.1. The lowest BCUT2D eigenvalue weighted by Crippen LogP contribution is -2.41. The molecule has 3 rings (SSSR count). The number of halogens is 2. The number of nitrogens with zero attached hydrogens (tertiary/aromatic N) is 5. The van der Waals surface area contributed by atoms with E-state index >= 15 is 0 Å². The number of nitro benzene ring substituents is 1. The van der Waals surface area contributed by atoms with Crippen molar-refractivity contribution in [1.82, 2.24) is 4.31 Å². The molecule has 0 saturated heterocycles. The highest BCUT2D eigenvalue weighted by atomic mass is 32.2. The third-order valence-electron chi connectivity index (χ3n) is 6.03. The Hall–Kier alpha value is -4.14. The largest absolute Gasteiger partial charge is 0.493 e. The minimum Gasteiger partial charge on any atom is -0.493 e. The number of methoxy groups -OCH3 is 1. The van der Waals surface area contributed by atoms with Gasteiger partial charge in [-0.1, -0.05) is 47.6 Å². The zero-order valence-corrected chi connectivity index (χ0v) is 22.6. The normalized spacial score (nSPS) is 13.7. The van der Waals surface area contributed by atoms with E-state index in [0.717, 1.165) is 28.6 Å². The minimum absolute atomic E-state index is 0.167. The molecular formula is C26H27F2N5O7S. The van der Waals surface area contributed by atoms with Crippen LogP contribution >= 0.6 is 0 Å². The first-order valence-corrected chi connectivity index (χ1v) is 13.6. The summed E-state index contributed by atoms with van der Waals surface area (Å²) in [6.45, 7) is -0.957. The van der Waals surface area contributed by atoms with Gasteiger partial charge in [0.15, 0.2) is 4.90 Å². The van der Waals surface area contributed by atoms with Gasteiger partial charge < -0.3 is 14.6 Å². The molecule has 0 aromatic heterocycles. The molecule has 3 aromatic rings. The molecule has 0 unspecified atom stereocenters. The molecule has 15 heteroatoms. The van der Waals surface area contributed by atoms with E-state index in [2.05, 4.69) is 10.0 Å². The van der Waals surface area contributed by atoms with Gasteiger partial charge >= 0.3 is 0 Å². The van der Waals surface area contributed by atoms with Crippen LogP contribution in [0.1, 0.15) is 12.0 Å². The van der Waals surface area contributed by atoms with E-state index in [4.69, 9.17) is 15.0 Å². The summed E-state index contributed by atoms with van der Waals surface area (Å²) in [4.78, 5) is 13.0. The number of hydrogen-bond donors (Lipinski definition) is 1. The van der Waals surface area contributed by atoms with E-state index in [0.29, 0.717) is 11.6 Å². The Morgan fingerprint density at radius 2 is 1.73 bits per heavy atom. The summed E-state index contributed by atoms with van der Waals surface area (Å²) >= 11 is 0. The maximum atomic E-state index is 13.7. The molecular weight excluding hydrogens is 564 g/mol. The average Bonchev–Trinajstić information content (AvgIpc) is 2.94. The van der Waals surface area contributed by atoms with Gasteiger partial charge in [-0.2, -0.15) is 4.31 Å². The maximum Gasteiger partial charge on any atom is 0.289 e. The predicted molar refractivity (Wildman–Crippen MR) is 143 cm³/mol. The summed E-state index contributed by atoms with van der Waals surface area (Å²) < 4.78 is 66.1. The van der Waals surface area contributed by atoms with Gasteiger partial charge in [0.05, 0.1) is 29.8 Å². The van der Waals surface area contributed by atoms with E-state index in [1.807, 2.05) is 0 Å². The summed E-state index contributed by atoms with van der Waals surface area (Å²) in [7, 11) is -3.17. The minimum atomic E-state index is -4.45. The number of rotatable bonds is 15. The standard InChI is InChI=1S/C26H27F2N5O7S/c1-39-22(14-25(34)23(30-31-29)17-40-21-12-19(27)11-20(28)13-21)16-32(15-18-7-3-2-4-8-18)41(37,38)26-10-6-5-9-24(26)33(35)36/h2-13,22-23,25,34H,14-17H2,1H3/t22-,23+,25-/m1/s1. The van der Waals surface area contributed by atoms with Crippen molar-refractivity contribution in [2.75, 3.05) is 20.3 Å². The van der Waals surface area contributed by atoms with Crippen LogP contribution in [-0.4, -0.2) is 61.3 Å². The van der Waals surface area contributed by atoms with Gasteiger partial charge in [-0.25, -0.2) is 17.2 Å². The lowest BCUT2D eigenvalue weighted by Gasteiger charge is -2.29. The van der Waals surface area contributed by atoms with Crippen LogP contribution in [0.2, 0.25) is 0 Å². The van der Waals surface area contributed by atoms with E-state index in [9.17, 15) is 32.4 Å². The van der Waals surface area contributed by atoms with Crippen molar-refractivity contribution in [3.8, 4) is 5.75 Å². The van der Waals surface area contributed by atoms with Crippen LogP contribution in [0, 0.1) is 21.7 Å². The third-order valence-corrected chi connectivity index (χ3v) is 7.89. The van der Waals surface area contributed by atoms with Gasteiger partial charge in [-0.3, -0.25) is 10.1 Å². The zero-order chi connectivity index (χ0) is 30.0. The summed E-state index contributed by atoms with van der Waals surface area (Å²) in [6, 6.07) is 14.7. The van der Waals surface area contributed by atoms with Crippen LogP contribution in [-0.2, 0) is 21.3 Å². The van der Waals surface area contributed by atoms with E-state index in [-0.39, 0.29) is 25.3 Å². The number of nitro groups is 1. The highest BCUT2D eigenvalue weighted by molar-refractivity contribution is 7.89. The number of aliphatic hydroxyl groups is 1. The molecule has 0 saturated carbocycles. The van der Waals surface area contributed by atoms with Crippen molar-refractivity contribution in [1.29, 1.82) is 0 Å². The molecule has 12 nitrogen and oxygen atoms in total. The van der Waals surface area contributed by atoms with Crippen molar-refractivity contribution in [2.45, 2.75) is 36.1 Å². The van der Waals surface area contributed by atoms with Crippen molar-refractivity contribution >= 4 is 15.7 Å². The van der Waals surface area contributed by atoms with Gasteiger partial charge in [0, 0.05) is 55.8 Å². The molecule has 218 valence electrons. The molecule has 0 bridgehead atoms. The van der Waals surface area contributed by atoms with Crippen LogP contribution in [0.15, 0.2) is 82.8 Å². The second kappa shape index (κ2) is 14.5. The van der Waals surface area contributed by atoms with E-state index in [1.165, 1.54) is 19.2 Å². The fourth-order valence-electron chi connectivity index (χ4n) is 3.98. The fraction of sp³-hybridized carbons (Fsp3) is 0.308. The number of hydrogen-bond acceptors (Lipinski definition) is 8. The molecule has 1 N–H and O–H groups in total. The van der Waals surface area contributed by atoms with Crippen LogP contribution < -0.4 is 4.74 Å². The third kappa shape index (κ3) is 8.67. The first-order valence-electron chi connectivity index (χ1n) is 12.2. The number of benzene rings is 3. The van der Waals surface area contributed by atoms with Crippen LogP contribution in [0.3, 0.4) is 0 Å². The van der Waals surface area contributed by atoms with Crippen molar-refractivity contribution < 1.29 is 36.7 Å². The molecule has 0 spiro atoms. The van der Waals surface area contributed by atoms with Gasteiger partial charge in [0.2, 0.25) is 10.0 Å².